The molecule has 0 aliphatic carbocycles. The monoisotopic (exact) mass is 424 g/mol. The number of hydrogen-bond donors (Lipinski definition) is 1. The number of nitrogens with one attached hydrogen (secondary N) is 1. The van der Waals surface area contributed by atoms with E-state index in [1.54, 1.807) is 48.4 Å². The van der Waals surface area contributed by atoms with Crippen LogP contribution < -0.4 is 14.4 Å². The largest absolute Gasteiger partial charge is 0.497 e. The smallest absolute Gasteiger partial charge is 0.245 e. The third-order valence-corrected chi connectivity index (χ3v) is 6.03. The van der Waals surface area contributed by atoms with Crippen molar-refractivity contribution in [2.75, 3.05) is 18.6 Å². The highest BCUT2D eigenvalue weighted by molar-refractivity contribution is 9.10. The van der Waals surface area contributed by atoms with Crippen molar-refractivity contribution >= 4 is 37.5 Å². The summed E-state index contributed by atoms with van der Waals surface area (Å²) in [6.07, 6.45) is 0.417. The van der Waals surface area contributed by atoms with E-state index in [9.17, 15) is 13.2 Å². The molecule has 1 aliphatic rings. The summed E-state index contributed by atoms with van der Waals surface area (Å²) in [6, 6.07) is 12.6. The van der Waals surface area contributed by atoms with E-state index in [1.807, 2.05) is 0 Å². The molecule has 1 aliphatic heterocycles. The predicted octanol–water partition coefficient (Wildman–Crippen LogP) is 2.54. The highest BCUT2D eigenvalue weighted by Gasteiger charge is 2.35. The third kappa shape index (κ3) is 3.86. The van der Waals surface area contributed by atoms with Crippen molar-refractivity contribution in [1.29, 1.82) is 0 Å². The number of anilines is 1. The Morgan fingerprint density at radius 2 is 1.76 bits per heavy atom. The number of halogens is 1. The summed E-state index contributed by atoms with van der Waals surface area (Å²) in [5.74, 6) is 0.439. The number of ether oxygens (including phenoxy) is 1. The van der Waals surface area contributed by atoms with Crippen molar-refractivity contribution < 1.29 is 17.9 Å². The van der Waals surface area contributed by atoms with Gasteiger partial charge in [-0.15, -0.1) is 0 Å². The third-order valence-electron chi connectivity index (χ3n) is 4.01. The highest BCUT2D eigenvalue weighted by Crippen LogP contribution is 2.25. The van der Waals surface area contributed by atoms with E-state index in [0.717, 1.165) is 10.2 Å². The van der Waals surface area contributed by atoms with Crippen molar-refractivity contribution in [3.63, 3.8) is 0 Å². The van der Waals surface area contributed by atoms with Crippen LogP contribution in [0.5, 0.6) is 5.75 Å². The lowest BCUT2D eigenvalue weighted by Gasteiger charge is -2.17. The second kappa shape index (κ2) is 7.15. The first-order chi connectivity index (χ1) is 11.9. The zero-order valence-corrected chi connectivity index (χ0v) is 15.9. The molecule has 0 unspecified atom stereocenters. The molecule has 1 heterocycles. The topological polar surface area (TPSA) is 75.7 Å². The van der Waals surface area contributed by atoms with E-state index in [4.69, 9.17) is 4.74 Å². The maximum Gasteiger partial charge on any atom is 0.245 e. The molecule has 0 saturated carbocycles. The lowest BCUT2D eigenvalue weighted by molar-refractivity contribution is -0.118. The minimum absolute atomic E-state index is 0.131. The lowest BCUT2D eigenvalue weighted by Crippen LogP contribution is -2.41. The van der Waals surface area contributed by atoms with E-state index in [-0.39, 0.29) is 10.8 Å². The first-order valence-corrected chi connectivity index (χ1v) is 9.91. The summed E-state index contributed by atoms with van der Waals surface area (Å²) in [7, 11) is -2.18. The fourth-order valence-electron chi connectivity index (χ4n) is 2.68. The van der Waals surface area contributed by atoms with Crippen molar-refractivity contribution in [1.82, 2.24) is 4.72 Å². The summed E-state index contributed by atoms with van der Waals surface area (Å²) < 4.78 is 33.3. The number of methoxy groups -OCH3 is 1. The van der Waals surface area contributed by atoms with Crippen LogP contribution in [0.1, 0.15) is 6.42 Å². The minimum atomic E-state index is -3.75. The molecule has 2 aromatic rings. The number of benzene rings is 2. The van der Waals surface area contributed by atoms with Crippen molar-refractivity contribution in [2.45, 2.75) is 17.4 Å². The zero-order valence-electron chi connectivity index (χ0n) is 13.5. The molecule has 0 spiro atoms. The number of carbonyl (C=O) groups is 1. The van der Waals surface area contributed by atoms with Crippen LogP contribution >= 0.6 is 15.9 Å². The molecule has 1 amide bonds. The van der Waals surface area contributed by atoms with E-state index >= 15 is 0 Å². The maximum absolute atomic E-state index is 12.6. The summed E-state index contributed by atoms with van der Waals surface area (Å²) >= 11 is 3.27. The Hall–Kier alpha value is -1.90. The fourth-order valence-corrected chi connectivity index (χ4v) is 4.16. The van der Waals surface area contributed by atoms with Crippen LogP contribution in [-0.4, -0.2) is 34.0 Å². The Bertz CT molecular complexity index is 867. The van der Waals surface area contributed by atoms with Crippen molar-refractivity contribution in [3.8, 4) is 5.75 Å². The molecule has 8 heteroatoms. The average molecular weight is 425 g/mol. The van der Waals surface area contributed by atoms with E-state index < -0.39 is 16.1 Å². The van der Waals surface area contributed by atoms with Gasteiger partial charge in [-0.25, -0.2) is 8.42 Å². The van der Waals surface area contributed by atoms with Crippen LogP contribution in [0.4, 0.5) is 5.69 Å². The van der Waals surface area contributed by atoms with Crippen LogP contribution in [0.25, 0.3) is 0 Å². The van der Waals surface area contributed by atoms with Gasteiger partial charge in [0.25, 0.3) is 0 Å². The molecule has 1 atom stereocenters. The Kier molecular flexibility index (Phi) is 5.12. The molecule has 6 nitrogen and oxygen atoms in total. The van der Waals surface area contributed by atoms with Crippen LogP contribution in [-0.2, 0) is 14.8 Å². The first-order valence-electron chi connectivity index (χ1n) is 7.64. The quantitative estimate of drug-likeness (QED) is 0.799. The second-order valence-corrected chi connectivity index (χ2v) is 8.23. The van der Waals surface area contributed by atoms with Crippen molar-refractivity contribution in [3.05, 3.63) is 53.0 Å². The lowest BCUT2D eigenvalue weighted by atomic mass is 10.2. The number of rotatable bonds is 5. The van der Waals surface area contributed by atoms with Crippen LogP contribution in [0, 0.1) is 0 Å². The summed E-state index contributed by atoms with van der Waals surface area (Å²) in [5, 5.41) is 0. The predicted molar refractivity (Wildman–Crippen MR) is 98.2 cm³/mol. The van der Waals surface area contributed by atoms with Gasteiger partial charge >= 0.3 is 0 Å². The van der Waals surface area contributed by atoms with Crippen LogP contribution in [0.3, 0.4) is 0 Å². The van der Waals surface area contributed by atoms with Gasteiger partial charge in [0.1, 0.15) is 11.8 Å². The zero-order chi connectivity index (χ0) is 18.0. The molecular formula is C17H17BrN2O4S. The van der Waals surface area contributed by atoms with Crippen molar-refractivity contribution in [2.24, 2.45) is 0 Å². The molecule has 1 saturated heterocycles. The normalized spacial score (nSPS) is 17.8. The highest BCUT2D eigenvalue weighted by atomic mass is 79.9. The van der Waals surface area contributed by atoms with Gasteiger partial charge < -0.3 is 9.64 Å². The fraction of sp³-hybridized carbons (Fsp3) is 0.235. The molecule has 0 aromatic heterocycles. The van der Waals surface area contributed by atoms with Gasteiger partial charge in [0.05, 0.1) is 12.0 Å². The van der Waals surface area contributed by atoms with Gasteiger partial charge in [-0.1, -0.05) is 15.9 Å². The summed E-state index contributed by atoms with van der Waals surface area (Å²) in [6.45, 7) is 0.457. The number of carbonyl (C=O) groups excluding carboxylic acids is 1. The number of sulfonamides is 1. The minimum Gasteiger partial charge on any atom is -0.497 e. The van der Waals surface area contributed by atoms with Gasteiger partial charge in [-0.2, -0.15) is 4.72 Å². The van der Waals surface area contributed by atoms with Gasteiger partial charge in [-0.05, 0) is 55.0 Å². The maximum atomic E-state index is 12.6. The van der Waals surface area contributed by atoms with Crippen LogP contribution in [0.2, 0.25) is 0 Å². The van der Waals surface area contributed by atoms with E-state index in [0.29, 0.717) is 18.7 Å². The molecule has 132 valence electrons. The Morgan fingerprint density at radius 3 is 2.36 bits per heavy atom. The molecule has 0 bridgehead atoms. The van der Waals surface area contributed by atoms with Gasteiger partial charge in [0.15, 0.2) is 0 Å². The second-order valence-electron chi connectivity index (χ2n) is 5.60. The van der Waals surface area contributed by atoms with Crippen LogP contribution in [0.15, 0.2) is 57.9 Å². The molecule has 3 rings (SSSR count). The van der Waals surface area contributed by atoms with Gasteiger partial charge in [0.2, 0.25) is 15.9 Å². The summed E-state index contributed by atoms with van der Waals surface area (Å²) in [4.78, 5) is 14.3. The first kappa shape index (κ1) is 17.9. The van der Waals surface area contributed by atoms with E-state index in [2.05, 4.69) is 20.7 Å². The molecule has 0 radical (unpaired) electrons. The Morgan fingerprint density at radius 1 is 1.12 bits per heavy atom. The molecular weight excluding hydrogens is 408 g/mol. The molecule has 1 fully saturated rings. The average Bonchev–Trinajstić information content (AvgIpc) is 2.95. The Balaban J connectivity index is 1.74. The molecule has 2 aromatic carbocycles. The number of hydrogen-bond acceptors (Lipinski definition) is 4. The molecule has 25 heavy (non-hydrogen) atoms. The van der Waals surface area contributed by atoms with Gasteiger partial charge in [-0.3, -0.25) is 4.79 Å². The SMILES string of the molecule is COc1ccc(N2CC[C@@H](NS(=O)(=O)c3ccc(Br)cc3)C2=O)cc1. The van der Waals surface area contributed by atoms with E-state index in [1.165, 1.54) is 12.1 Å². The number of amides is 1. The number of nitrogens with zero attached hydrogens (tertiary/aromatic N) is 1. The Labute approximate surface area is 155 Å². The standard InChI is InChI=1S/C17H17BrN2O4S/c1-24-14-6-4-13(5-7-14)20-11-10-16(17(20)21)19-25(22,23)15-8-2-12(18)3-9-15/h2-9,16,19H,10-11H2,1H3/t16-/m1/s1. The van der Waals surface area contributed by atoms with Gasteiger partial charge in [0, 0.05) is 16.7 Å². The summed E-state index contributed by atoms with van der Waals surface area (Å²) in [5.41, 5.74) is 0.719. The molecule has 1 N–H and O–H groups in total.